The molecule has 0 aliphatic carbocycles. The summed E-state index contributed by atoms with van der Waals surface area (Å²) in [7, 11) is 0. The van der Waals surface area contributed by atoms with Gasteiger partial charge in [-0.25, -0.2) is 4.79 Å². The van der Waals surface area contributed by atoms with Crippen LogP contribution in [0.25, 0.3) is 0 Å². The fourth-order valence-electron chi connectivity index (χ4n) is 2.59. The van der Waals surface area contributed by atoms with Crippen molar-refractivity contribution in [1.29, 1.82) is 0 Å². The Morgan fingerprint density at radius 1 is 1.12 bits per heavy atom. The summed E-state index contributed by atoms with van der Waals surface area (Å²) in [6.07, 6.45) is 1.46. The smallest absolute Gasteiger partial charge is 0.332 e. The molecule has 1 aromatic carbocycles. The summed E-state index contributed by atoms with van der Waals surface area (Å²) in [5.74, 6) is 0.0338. The van der Waals surface area contributed by atoms with E-state index in [-0.39, 0.29) is 16.8 Å². The van der Waals surface area contributed by atoms with Crippen LogP contribution in [0.4, 0.5) is 0 Å². The molecule has 0 bridgehead atoms. The highest BCUT2D eigenvalue weighted by molar-refractivity contribution is 5.82. The first-order valence-corrected chi connectivity index (χ1v) is 8.82. The average molecular weight is 347 g/mol. The maximum atomic E-state index is 11.5. The van der Waals surface area contributed by atoms with Gasteiger partial charge < -0.3 is 15.2 Å². The Hall–Kier alpha value is -1.97. The molecular formula is C21H33NO3. The molecule has 0 aromatic heterocycles. The highest BCUT2D eigenvalue weighted by Gasteiger charge is 2.26. The number of carbonyl (C=O) groups excluding carboxylic acids is 1. The van der Waals surface area contributed by atoms with Crippen LogP contribution in [0.5, 0.6) is 5.75 Å². The largest absolute Gasteiger partial charge is 0.507 e. The molecule has 0 radical (unpaired) electrons. The van der Waals surface area contributed by atoms with Crippen molar-refractivity contribution in [3.8, 4) is 5.75 Å². The number of ether oxygens (including phenoxy) is 1. The molecule has 1 rings (SSSR count). The van der Waals surface area contributed by atoms with Gasteiger partial charge in [-0.15, -0.1) is 0 Å². The van der Waals surface area contributed by atoms with Crippen LogP contribution < -0.4 is 5.32 Å². The second-order valence-electron chi connectivity index (χ2n) is 8.47. The number of rotatable bonds is 5. The maximum absolute atomic E-state index is 11.5. The summed E-state index contributed by atoms with van der Waals surface area (Å²) < 4.78 is 4.92. The van der Waals surface area contributed by atoms with Crippen molar-refractivity contribution in [1.82, 2.24) is 5.32 Å². The normalized spacial score (nSPS) is 12.9. The molecule has 0 heterocycles. The first kappa shape index (κ1) is 21.1. The van der Waals surface area contributed by atoms with Gasteiger partial charge in [-0.2, -0.15) is 0 Å². The molecule has 0 aliphatic heterocycles. The fourth-order valence-corrected chi connectivity index (χ4v) is 2.59. The van der Waals surface area contributed by atoms with E-state index < -0.39 is 0 Å². The van der Waals surface area contributed by atoms with Crippen molar-refractivity contribution < 1.29 is 14.6 Å². The summed E-state index contributed by atoms with van der Waals surface area (Å²) in [6.45, 7) is 17.1. The monoisotopic (exact) mass is 347 g/mol. The predicted octanol–water partition coefficient (Wildman–Crippen LogP) is 4.54. The van der Waals surface area contributed by atoms with E-state index in [1.54, 1.807) is 6.92 Å². The molecule has 0 amide bonds. The zero-order chi connectivity index (χ0) is 19.4. The number of benzene rings is 1. The summed E-state index contributed by atoms with van der Waals surface area (Å²) in [5.41, 5.74) is 3.38. The van der Waals surface area contributed by atoms with Crippen LogP contribution in [0.1, 0.15) is 72.1 Å². The molecule has 0 atom stereocenters. The van der Waals surface area contributed by atoms with Gasteiger partial charge in [-0.05, 0) is 53.5 Å². The lowest BCUT2D eigenvalue weighted by Gasteiger charge is -2.28. The Bertz CT molecular complexity index is 611. The van der Waals surface area contributed by atoms with Crippen LogP contribution >= 0.6 is 0 Å². The number of phenols is 1. The second-order valence-corrected chi connectivity index (χ2v) is 8.47. The summed E-state index contributed by atoms with van der Waals surface area (Å²) in [6, 6.07) is 4.07. The van der Waals surface area contributed by atoms with Gasteiger partial charge >= 0.3 is 5.97 Å². The lowest BCUT2D eigenvalue weighted by atomic mass is 9.78. The van der Waals surface area contributed by atoms with Gasteiger partial charge in [0.1, 0.15) is 5.75 Å². The fraction of sp³-hybridized carbons (Fsp3) is 0.571. The zero-order valence-corrected chi connectivity index (χ0v) is 16.9. The molecule has 4 nitrogen and oxygen atoms in total. The van der Waals surface area contributed by atoms with Crippen LogP contribution in [-0.2, 0) is 26.9 Å². The van der Waals surface area contributed by atoms with Crippen LogP contribution in [0, 0.1) is 0 Å². The van der Waals surface area contributed by atoms with Gasteiger partial charge in [0.15, 0.2) is 0 Å². The topological polar surface area (TPSA) is 58.6 Å². The number of carbonyl (C=O) groups is 1. The van der Waals surface area contributed by atoms with E-state index in [9.17, 15) is 9.90 Å². The molecule has 0 spiro atoms. The van der Waals surface area contributed by atoms with Crippen molar-refractivity contribution in [2.24, 2.45) is 0 Å². The highest BCUT2D eigenvalue weighted by atomic mass is 16.5. The van der Waals surface area contributed by atoms with Crippen molar-refractivity contribution in [3.05, 3.63) is 40.6 Å². The first-order valence-electron chi connectivity index (χ1n) is 8.82. The Morgan fingerprint density at radius 2 is 1.60 bits per heavy atom. The predicted molar refractivity (Wildman–Crippen MR) is 103 cm³/mol. The van der Waals surface area contributed by atoms with Crippen LogP contribution in [0.2, 0.25) is 0 Å². The first-order chi connectivity index (χ1) is 11.4. The van der Waals surface area contributed by atoms with E-state index in [0.29, 0.717) is 18.9 Å². The third-order valence-corrected chi connectivity index (χ3v) is 3.98. The number of nitrogens with one attached hydrogen (secondary N) is 1. The molecule has 140 valence electrons. The molecule has 2 N–H and O–H groups in total. The van der Waals surface area contributed by atoms with Crippen molar-refractivity contribution >= 4 is 5.97 Å². The Labute approximate surface area is 152 Å². The van der Waals surface area contributed by atoms with Crippen molar-refractivity contribution in [3.63, 3.8) is 0 Å². The minimum Gasteiger partial charge on any atom is -0.507 e. The standard InChI is InChI=1S/C21H33NO3/c1-9-25-18(23)10-14(2)22-13-15-11-16(20(3,4)5)19(24)17(12-15)21(6,7)8/h10-12,22,24H,9,13H2,1-8H3/b14-10+. The quantitative estimate of drug-likeness (QED) is 0.606. The van der Waals surface area contributed by atoms with E-state index in [2.05, 4.69) is 46.9 Å². The third kappa shape index (κ3) is 6.11. The summed E-state index contributed by atoms with van der Waals surface area (Å²) in [4.78, 5) is 11.5. The van der Waals surface area contributed by atoms with E-state index in [0.717, 1.165) is 22.4 Å². The lowest BCUT2D eigenvalue weighted by molar-refractivity contribution is -0.137. The Kier molecular flexibility index (Phi) is 6.69. The lowest BCUT2D eigenvalue weighted by Crippen LogP contribution is -2.19. The van der Waals surface area contributed by atoms with Gasteiger partial charge in [0.05, 0.1) is 6.61 Å². The van der Waals surface area contributed by atoms with Gasteiger partial charge in [-0.3, -0.25) is 0 Å². The minimum atomic E-state index is -0.344. The third-order valence-electron chi connectivity index (χ3n) is 3.98. The van der Waals surface area contributed by atoms with Crippen molar-refractivity contribution in [2.75, 3.05) is 6.61 Å². The van der Waals surface area contributed by atoms with Gasteiger partial charge in [0.25, 0.3) is 0 Å². The number of allylic oxidation sites excluding steroid dienone is 1. The molecule has 4 heteroatoms. The minimum absolute atomic E-state index is 0.157. The van der Waals surface area contributed by atoms with Gasteiger partial charge in [-0.1, -0.05) is 41.5 Å². The van der Waals surface area contributed by atoms with Gasteiger partial charge in [0, 0.05) is 18.3 Å². The summed E-state index contributed by atoms with van der Waals surface area (Å²) >= 11 is 0. The summed E-state index contributed by atoms with van der Waals surface area (Å²) in [5, 5.41) is 14.0. The maximum Gasteiger partial charge on any atom is 0.332 e. The molecule has 1 aromatic rings. The van der Waals surface area contributed by atoms with Gasteiger partial charge in [0.2, 0.25) is 0 Å². The highest BCUT2D eigenvalue weighted by Crippen LogP contribution is 2.39. The van der Waals surface area contributed by atoms with E-state index in [1.807, 2.05) is 19.1 Å². The van der Waals surface area contributed by atoms with E-state index in [4.69, 9.17) is 4.74 Å². The number of phenolic OH excluding ortho intramolecular Hbond substituents is 1. The number of esters is 1. The molecule has 0 unspecified atom stereocenters. The SMILES string of the molecule is CCOC(=O)/C=C(\C)NCc1cc(C(C)(C)C)c(O)c(C(C)(C)C)c1. The van der Waals surface area contributed by atoms with E-state index in [1.165, 1.54) is 6.08 Å². The van der Waals surface area contributed by atoms with Crippen LogP contribution in [-0.4, -0.2) is 17.7 Å². The van der Waals surface area contributed by atoms with Crippen LogP contribution in [0.15, 0.2) is 23.9 Å². The zero-order valence-electron chi connectivity index (χ0n) is 16.9. The molecule has 0 fully saturated rings. The van der Waals surface area contributed by atoms with E-state index >= 15 is 0 Å². The molecule has 0 saturated carbocycles. The number of hydrogen-bond acceptors (Lipinski definition) is 4. The second kappa shape index (κ2) is 7.94. The molecule has 25 heavy (non-hydrogen) atoms. The Morgan fingerprint density at radius 3 is 2.00 bits per heavy atom. The Balaban J connectivity index is 3.14. The molecule has 0 saturated heterocycles. The average Bonchev–Trinajstić information content (AvgIpc) is 2.43. The number of hydrogen-bond donors (Lipinski definition) is 2. The van der Waals surface area contributed by atoms with Crippen molar-refractivity contribution in [2.45, 2.75) is 72.8 Å². The molecular weight excluding hydrogens is 314 g/mol. The van der Waals surface area contributed by atoms with Crippen LogP contribution in [0.3, 0.4) is 0 Å². The molecule has 0 aliphatic rings. The number of aromatic hydroxyl groups is 1.